The number of nitrogens with one attached hydrogen (secondary N) is 2. The summed E-state index contributed by atoms with van der Waals surface area (Å²) in [5.74, 6) is 0.811. The highest BCUT2D eigenvalue weighted by Gasteiger charge is 2.29. The summed E-state index contributed by atoms with van der Waals surface area (Å²) in [6.45, 7) is 5.67. The number of rotatable bonds is 6. The van der Waals surface area contributed by atoms with Crippen molar-refractivity contribution in [2.24, 2.45) is 11.3 Å². The Morgan fingerprint density at radius 2 is 2.05 bits per heavy atom. The average molecular weight is 272 g/mol. The van der Waals surface area contributed by atoms with Crippen LogP contribution in [-0.4, -0.2) is 44.0 Å². The van der Waals surface area contributed by atoms with Crippen molar-refractivity contribution in [3.8, 4) is 0 Å². The lowest BCUT2D eigenvalue weighted by molar-refractivity contribution is 0.0658. The third-order valence-corrected chi connectivity index (χ3v) is 4.01. The first kappa shape index (κ1) is 16.2. The number of aliphatic hydroxyl groups is 1. The second kappa shape index (κ2) is 7.70. The molecule has 0 aromatic heterocycles. The summed E-state index contributed by atoms with van der Waals surface area (Å²) in [6, 6.07) is -0.213. The first-order valence-corrected chi connectivity index (χ1v) is 7.14. The van der Waals surface area contributed by atoms with E-state index in [-0.39, 0.29) is 24.6 Å². The Morgan fingerprint density at radius 3 is 2.63 bits per heavy atom. The molecule has 0 aromatic rings. The lowest BCUT2D eigenvalue weighted by Gasteiger charge is -2.36. The van der Waals surface area contributed by atoms with E-state index in [2.05, 4.69) is 24.5 Å². The molecule has 112 valence electrons. The lowest BCUT2D eigenvalue weighted by atomic mass is 9.72. The van der Waals surface area contributed by atoms with Crippen LogP contribution in [0.4, 0.5) is 4.79 Å². The van der Waals surface area contributed by atoms with Crippen LogP contribution in [0.3, 0.4) is 0 Å². The van der Waals surface area contributed by atoms with Gasteiger partial charge in [0.2, 0.25) is 0 Å². The summed E-state index contributed by atoms with van der Waals surface area (Å²) in [6.07, 6.45) is 4.17. The zero-order valence-electron chi connectivity index (χ0n) is 12.4. The highest BCUT2D eigenvalue weighted by Crippen LogP contribution is 2.37. The Kier molecular flexibility index (Phi) is 6.58. The molecule has 0 heterocycles. The fourth-order valence-electron chi connectivity index (χ4n) is 2.45. The first-order valence-electron chi connectivity index (χ1n) is 7.14. The second-order valence-corrected chi connectivity index (χ2v) is 6.17. The van der Waals surface area contributed by atoms with E-state index in [1.54, 1.807) is 0 Å². The summed E-state index contributed by atoms with van der Waals surface area (Å²) >= 11 is 0. The number of ether oxygens (including phenoxy) is 1. The van der Waals surface area contributed by atoms with Crippen molar-refractivity contribution >= 4 is 6.03 Å². The van der Waals surface area contributed by atoms with Crippen LogP contribution in [0.2, 0.25) is 0 Å². The summed E-state index contributed by atoms with van der Waals surface area (Å²) < 4.78 is 4.80. The number of hydrogen-bond acceptors (Lipinski definition) is 3. The van der Waals surface area contributed by atoms with Crippen LogP contribution in [0.5, 0.6) is 0 Å². The first-order chi connectivity index (χ1) is 8.95. The van der Waals surface area contributed by atoms with Gasteiger partial charge in [-0.25, -0.2) is 4.79 Å². The maximum atomic E-state index is 11.6. The van der Waals surface area contributed by atoms with Crippen molar-refractivity contribution in [1.82, 2.24) is 10.6 Å². The molecule has 5 heteroatoms. The summed E-state index contributed by atoms with van der Waals surface area (Å²) in [5, 5.41) is 15.0. The molecule has 0 spiro atoms. The number of carbonyl (C=O) groups excluding carboxylic acids is 1. The van der Waals surface area contributed by atoms with Gasteiger partial charge in [0.15, 0.2) is 0 Å². The molecule has 1 aliphatic rings. The van der Waals surface area contributed by atoms with Gasteiger partial charge >= 0.3 is 6.03 Å². The van der Waals surface area contributed by atoms with Gasteiger partial charge in [0.25, 0.3) is 0 Å². The normalized spacial score (nSPS) is 28.7. The largest absolute Gasteiger partial charge is 0.389 e. The Bertz CT molecular complexity index is 276. The third kappa shape index (κ3) is 6.25. The number of carbonyl (C=O) groups is 1. The quantitative estimate of drug-likeness (QED) is 0.686. The topological polar surface area (TPSA) is 70.6 Å². The maximum absolute atomic E-state index is 11.6. The van der Waals surface area contributed by atoms with Crippen LogP contribution in [0, 0.1) is 11.3 Å². The maximum Gasteiger partial charge on any atom is 0.314 e. The molecular formula is C14H28N2O3. The van der Waals surface area contributed by atoms with E-state index < -0.39 is 6.10 Å². The minimum Gasteiger partial charge on any atom is -0.389 e. The minimum atomic E-state index is -0.651. The van der Waals surface area contributed by atoms with E-state index in [1.165, 1.54) is 32.8 Å². The van der Waals surface area contributed by atoms with Gasteiger partial charge in [-0.15, -0.1) is 0 Å². The molecule has 1 rings (SSSR count). The van der Waals surface area contributed by atoms with Gasteiger partial charge in [0.05, 0.1) is 12.7 Å². The van der Waals surface area contributed by atoms with Gasteiger partial charge in [-0.1, -0.05) is 26.7 Å². The molecule has 0 unspecified atom stereocenters. The Labute approximate surface area is 116 Å². The number of hydrogen-bond donors (Lipinski definition) is 3. The van der Waals surface area contributed by atoms with Gasteiger partial charge in [0.1, 0.15) is 0 Å². The van der Waals surface area contributed by atoms with Gasteiger partial charge in [-0.05, 0) is 24.2 Å². The van der Waals surface area contributed by atoms with Crippen LogP contribution in [-0.2, 0) is 4.74 Å². The van der Waals surface area contributed by atoms with Crippen molar-refractivity contribution in [3.05, 3.63) is 0 Å². The molecule has 0 aromatic carbocycles. The molecule has 0 saturated heterocycles. The van der Waals surface area contributed by atoms with Crippen molar-refractivity contribution < 1.29 is 14.6 Å². The fraction of sp³-hybridized carbons (Fsp3) is 0.929. The second-order valence-electron chi connectivity index (χ2n) is 6.17. The molecule has 1 atom stereocenters. The average Bonchev–Trinajstić information content (AvgIpc) is 2.38. The van der Waals surface area contributed by atoms with Crippen molar-refractivity contribution in [1.29, 1.82) is 0 Å². The number of amides is 2. The zero-order chi connectivity index (χ0) is 14.3. The van der Waals surface area contributed by atoms with E-state index in [0.29, 0.717) is 6.54 Å². The molecule has 2 amide bonds. The van der Waals surface area contributed by atoms with Crippen molar-refractivity contribution in [2.45, 2.75) is 45.6 Å². The van der Waals surface area contributed by atoms with E-state index in [0.717, 1.165) is 5.92 Å². The third-order valence-electron chi connectivity index (χ3n) is 4.01. The summed E-state index contributed by atoms with van der Waals surface area (Å²) in [5.41, 5.74) is 0.217. The van der Waals surface area contributed by atoms with Gasteiger partial charge in [-0.2, -0.15) is 0 Å². The van der Waals surface area contributed by atoms with Crippen LogP contribution in [0.25, 0.3) is 0 Å². The van der Waals surface area contributed by atoms with E-state index in [1.807, 2.05) is 0 Å². The molecular weight excluding hydrogens is 244 g/mol. The summed E-state index contributed by atoms with van der Waals surface area (Å²) in [7, 11) is 1.52. The lowest BCUT2D eigenvalue weighted by Crippen LogP contribution is -2.45. The Morgan fingerprint density at radius 1 is 1.42 bits per heavy atom. The van der Waals surface area contributed by atoms with Gasteiger partial charge < -0.3 is 20.5 Å². The van der Waals surface area contributed by atoms with Crippen molar-refractivity contribution in [2.75, 3.05) is 26.8 Å². The number of aliphatic hydroxyl groups excluding tert-OH is 1. The summed E-state index contributed by atoms with van der Waals surface area (Å²) in [4.78, 5) is 11.6. The number of urea groups is 1. The highest BCUT2D eigenvalue weighted by molar-refractivity contribution is 5.73. The molecule has 0 radical (unpaired) electrons. The fourth-order valence-corrected chi connectivity index (χ4v) is 2.45. The SMILES string of the molecule is COC[C@@H](O)CNC(=O)NCC1(C)CCC(C)CC1. The predicted molar refractivity (Wildman–Crippen MR) is 75.0 cm³/mol. The molecule has 5 nitrogen and oxygen atoms in total. The van der Waals surface area contributed by atoms with Crippen LogP contribution in [0.15, 0.2) is 0 Å². The van der Waals surface area contributed by atoms with E-state index in [9.17, 15) is 9.90 Å². The minimum absolute atomic E-state index is 0.213. The van der Waals surface area contributed by atoms with Crippen LogP contribution >= 0.6 is 0 Å². The molecule has 1 aliphatic carbocycles. The predicted octanol–water partition coefficient (Wildman–Crippen LogP) is 1.51. The highest BCUT2D eigenvalue weighted by atomic mass is 16.5. The van der Waals surface area contributed by atoms with Crippen molar-refractivity contribution in [3.63, 3.8) is 0 Å². The Hall–Kier alpha value is -0.810. The molecule has 1 saturated carbocycles. The Balaban J connectivity index is 2.19. The van der Waals surface area contributed by atoms with Gasteiger partial charge in [0, 0.05) is 20.2 Å². The zero-order valence-corrected chi connectivity index (χ0v) is 12.4. The van der Waals surface area contributed by atoms with Crippen LogP contribution < -0.4 is 10.6 Å². The van der Waals surface area contributed by atoms with E-state index >= 15 is 0 Å². The van der Waals surface area contributed by atoms with Gasteiger partial charge in [-0.3, -0.25) is 0 Å². The molecule has 0 aliphatic heterocycles. The van der Waals surface area contributed by atoms with E-state index in [4.69, 9.17) is 4.74 Å². The molecule has 0 bridgehead atoms. The molecule has 19 heavy (non-hydrogen) atoms. The van der Waals surface area contributed by atoms with Crippen LogP contribution in [0.1, 0.15) is 39.5 Å². The monoisotopic (exact) mass is 272 g/mol. The number of methoxy groups -OCH3 is 1. The molecule has 3 N–H and O–H groups in total. The standard InChI is InChI=1S/C14H28N2O3/c1-11-4-6-14(2,7-5-11)10-16-13(18)15-8-12(17)9-19-3/h11-12,17H,4-10H2,1-3H3,(H2,15,16,18)/t11?,12-,14?/m0/s1. The smallest absolute Gasteiger partial charge is 0.314 e. The molecule has 1 fully saturated rings.